The van der Waals surface area contributed by atoms with Crippen molar-refractivity contribution in [1.29, 1.82) is 0 Å². The molecular weight excluding hydrogens is 412 g/mol. The maximum absolute atomic E-state index is 10.7. The van der Waals surface area contributed by atoms with E-state index in [1.807, 2.05) is 0 Å². The zero-order valence-corrected chi connectivity index (χ0v) is 19.7. The van der Waals surface area contributed by atoms with Crippen LogP contribution in [0.4, 0.5) is 0 Å². The van der Waals surface area contributed by atoms with Crippen LogP contribution in [0.25, 0.3) is 22.4 Å². The van der Waals surface area contributed by atoms with Gasteiger partial charge in [0.25, 0.3) is 0 Å². The lowest BCUT2D eigenvalue weighted by Gasteiger charge is -2.28. The first-order chi connectivity index (χ1) is 16.0. The van der Waals surface area contributed by atoms with Gasteiger partial charge in [-0.2, -0.15) is 5.10 Å². The average Bonchev–Trinajstić information content (AvgIpc) is 3.19. The Hall–Kier alpha value is -2.92. The normalized spacial score (nSPS) is 18.4. The molecule has 0 saturated heterocycles. The molecule has 1 aliphatic carbocycles. The highest BCUT2D eigenvalue weighted by molar-refractivity contribution is 5.82. The van der Waals surface area contributed by atoms with Crippen LogP contribution in [0.1, 0.15) is 43.9 Å². The molecule has 1 saturated carbocycles. The molecule has 1 N–H and O–H groups in total. The average molecular weight is 447 g/mol. The fourth-order valence-electron chi connectivity index (χ4n) is 4.97. The summed E-state index contributed by atoms with van der Waals surface area (Å²) in [5, 5.41) is 13.9. The Balaban J connectivity index is 1.55. The lowest BCUT2D eigenvalue weighted by Crippen LogP contribution is -2.23. The second-order valence-corrected chi connectivity index (χ2v) is 9.23. The third kappa shape index (κ3) is 5.72. The SMILES string of the molecule is CCc1c(-c2ccccc2)c(-c2ccc(C)cc2)nn1CC1CCC(COCC(=O)O)CC1. The molecule has 2 aromatic carbocycles. The van der Waals surface area contributed by atoms with Gasteiger partial charge >= 0.3 is 5.97 Å². The van der Waals surface area contributed by atoms with E-state index >= 15 is 0 Å². The summed E-state index contributed by atoms with van der Waals surface area (Å²) in [5.41, 5.74) is 7.23. The fraction of sp³-hybridized carbons (Fsp3) is 0.429. The van der Waals surface area contributed by atoms with Crippen LogP contribution >= 0.6 is 0 Å². The van der Waals surface area contributed by atoms with Crippen molar-refractivity contribution in [2.45, 2.75) is 52.5 Å². The van der Waals surface area contributed by atoms with Crippen molar-refractivity contribution in [3.63, 3.8) is 0 Å². The first-order valence-corrected chi connectivity index (χ1v) is 12.1. The molecule has 0 unspecified atom stereocenters. The molecule has 1 aliphatic rings. The minimum atomic E-state index is -0.895. The fourth-order valence-corrected chi connectivity index (χ4v) is 4.97. The number of ether oxygens (including phenoxy) is 1. The van der Waals surface area contributed by atoms with E-state index in [1.165, 1.54) is 22.4 Å². The Bertz CT molecular complexity index is 1050. The van der Waals surface area contributed by atoms with Crippen molar-refractivity contribution in [2.75, 3.05) is 13.2 Å². The largest absolute Gasteiger partial charge is 0.480 e. The van der Waals surface area contributed by atoms with Crippen molar-refractivity contribution in [1.82, 2.24) is 9.78 Å². The van der Waals surface area contributed by atoms with E-state index in [9.17, 15) is 4.79 Å². The molecule has 3 aromatic rings. The van der Waals surface area contributed by atoms with Crippen LogP contribution in [0.3, 0.4) is 0 Å². The van der Waals surface area contributed by atoms with Crippen LogP contribution in [0.5, 0.6) is 0 Å². The van der Waals surface area contributed by atoms with Crippen molar-refractivity contribution >= 4 is 5.97 Å². The summed E-state index contributed by atoms with van der Waals surface area (Å²) in [6.07, 6.45) is 5.36. The molecule has 1 fully saturated rings. The monoisotopic (exact) mass is 446 g/mol. The Labute approximate surface area is 196 Å². The molecule has 0 atom stereocenters. The van der Waals surface area contributed by atoms with Gasteiger partial charge in [-0.25, -0.2) is 4.79 Å². The van der Waals surface area contributed by atoms with E-state index in [4.69, 9.17) is 14.9 Å². The molecule has 4 rings (SSSR count). The van der Waals surface area contributed by atoms with E-state index in [-0.39, 0.29) is 6.61 Å². The van der Waals surface area contributed by atoms with Gasteiger partial charge in [-0.15, -0.1) is 0 Å². The van der Waals surface area contributed by atoms with Gasteiger partial charge in [0.2, 0.25) is 0 Å². The second kappa shape index (κ2) is 10.8. The van der Waals surface area contributed by atoms with E-state index in [2.05, 4.69) is 73.1 Å². The molecule has 1 heterocycles. The van der Waals surface area contributed by atoms with Crippen molar-refractivity contribution < 1.29 is 14.6 Å². The predicted molar refractivity (Wildman–Crippen MR) is 131 cm³/mol. The van der Waals surface area contributed by atoms with Crippen molar-refractivity contribution in [3.05, 3.63) is 65.9 Å². The molecule has 0 amide bonds. The third-order valence-electron chi connectivity index (χ3n) is 6.76. The maximum atomic E-state index is 10.7. The van der Waals surface area contributed by atoms with Crippen LogP contribution in [-0.4, -0.2) is 34.1 Å². The van der Waals surface area contributed by atoms with Gasteiger partial charge in [-0.3, -0.25) is 4.68 Å². The first kappa shape index (κ1) is 23.2. The number of aromatic nitrogens is 2. The maximum Gasteiger partial charge on any atom is 0.329 e. The van der Waals surface area contributed by atoms with Gasteiger partial charge in [-0.05, 0) is 56.4 Å². The third-order valence-corrected chi connectivity index (χ3v) is 6.76. The number of nitrogens with zero attached hydrogens (tertiary/aromatic N) is 2. The summed E-state index contributed by atoms with van der Waals surface area (Å²) in [6.45, 7) is 5.61. The summed E-state index contributed by atoms with van der Waals surface area (Å²) >= 11 is 0. The highest BCUT2D eigenvalue weighted by Gasteiger charge is 2.25. The number of carbonyl (C=O) groups is 1. The van der Waals surface area contributed by atoms with E-state index < -0.39 is 5.97 Å². The molecule has 5 heteroatoms. The number of hydrogen-bond acceptors (Lipinski definition) is 3. The first-order valence-electron chi connectivity index (χ1n) is 12.1. The second-order valence-electron chi connectivity index (χ2n) is 9.23. The Morgan fingerprint density at radius 3 is 2.30 bits per heavy atom. The van der Waals surface area contributed by atoms with Gasteiger partial charge < -0.3 is 9.84 Å². The number of carboxylic acids is 1. The smallest absolute Gasteiger partial charge is 0.329 e. The number of aryl methyl sites for hydroxylation is 1. The molecular formula is C28H34N2O3. The van der Waals surface area contributed by atoms with Gasteiger partial charge in [0, 0.05) is 23.4 Å². The number of benzene rings is 2. The van der Waals surface area contributed by atoms with Gasteiger partial charge in [-0.1, -0.05) is 67.1 Å². The molecule has 0 radical (unpaired) electrons. The van der Waals surface area contributed by atoms with Gasteiger partial charge in [0.15, 0.2) is 0 Å². The highest BCUT2D eigenvalue weighted by Crippen LogP contribution is 2.37. The molecule has 33 heavy (non-hydrogen) atoms. The van der Waals surface area contributed by atoms with Crippen LogP contribution in [0.2, 0.25) is 0 Å². The number of carboxylic acid groups (broad SMARTS) is 1. The number of hydrogen-bond donors (Lipinski definition) is 1. The van der Waals surface area contributed by atoms with E-state index in [1.54, 1.807) is 0 Å². The van der Waals surface area contributed by atoms with Crippen LogP contribution < -0.4 is 0 Å². The molecule has 174 valence electrons. The molecule has 5 nitrogen and oxygen atoms in total. The highest BCUT2D eigenvalue weighted by atomic mass is 16.5. The Morgan fingerprint density at radius 1 is 1.00 bits per heavy atom. The van der Waals surface area contributed by atoms with Crippen LogP contribution in [-0.2, 0) is 22.5 Å². The zero-order valence-electron chi connectivity index (χ0n) is 19.7. The topological polar surface area (TPSA) is 64.4 Å². The predicted octanol–water partition coefficient (Wildman–Crippen LogP) is 6.00. The lowest BCUT2D eigenvalue weighted by molar-refractivity contribution is -0.142. The standard InChI is InChI=1S/C28H34N2O3/c1-3-25-27(23-7-5-4-6-8-23)28(24-15-9-20(2)10-16-24)29-30(25)17-21-11-13-22(14-12-21)18-33-19-26(31)32/h4-10,15-16,21-22H,3,11-14,17-19H2,1-2H3,(H,31,32). The molecule has 0 aliphatic heterocycles. The van der Waals surface area contributed by atoms with Gasteiger partial charge in [0.1, 0.15) is 12.3 Å². The van der Waals surface area contributed by atoms with Crippen molar-refractivity contribution in [2.24, 2.45) is 11.8 Å². The Kier molecular flexibility index (Phi) is 7.61. The van der Waals surface area contributed by atoms with Gasteiger partial charge in [0.05, 0.1) is 6.61 Å². The Morgan fingerprint density at radius 2 is 1.67 bits per heavy atom. The molecule has 1 aromatic heterocycles. The minimum absolute atomic E-state index is 0.197. The lowest BCUT2D eigenvalue weighted by atomic mass is 9.82. The summed E-state index contributed by atoms with van der Waals surface area (Å²) in [7, 11) is 0. The minimum Gasteiger partial charge on any atom is -0.480 e. The molecule has 0 spiro atoms. The van der Waals surface area contributed by atoms with Crippen molar-refractivity contribution in [3.8, 4) is 22.4 Å². The van der Waals surface area contributed by atoms with Crippen LogP contribution in [0, 0.1) is 18.8 Å². The summed E-state index contributed by atoms with van der Waals surface area (Å²) in [5.74, 6) is 0.153. The zero-order chi connectivity index (χ0) is 23.2. The quantitative estimate of drug-likeness (QED) is 0.438. The summed E-state index contributed by atoms with van der Waals surface area (Å²) < 4.78 is 7.59. The number of aliphatic carboxylic acids is 1. The summed E-state index contributed by atoms with van der Waals surface area (Å²) in [4.78, 5) is 10.7. The number of rotatable bonds is 9. The van der Waals surface area contributed by atoms with E-state index in [0.29, 0.717) is 18.4 Å². The van der Waals surface area contributed by atoms with Crippen LogP contribution in [0.15, 0.2) is 54.6 Å². The molecule has 0 bridgehead atoms. The summed E-state index contributed by atoms with van der Waals surface area (Å²) in [6, 6.07) is 19.3. The van der Waals surface area contributed by atoms with E-state index in [0.717, 1.165) is 49.9 Å².